The molecule has 0 amide bonds. The Morgan fingerprint density at radius 3 is 2.79 bits per heavy atom. The minimum atomic E-state index is -0.00412. The molecule has 0 aliphatic heterocycles. The van der Waals surface area contributed by atoms with Gasteiger partial charge in [0.05, 0.1) is 5.52 Å². The molecule has 0 N–H and O–H groups in total. The third-order valence-corrected chi connectivity index (χ3v) is 3.90. The lowest BCUT2D eigenvalue weighted by Crippen LogP contribution is -2.06. The Labute approximate surface area is 115 Å². The summed E-state index contributed by atoms with van der Waals surface area (Å²) in [5.41, 5.74) is 1.81. The Morgan fingerprint density at radius 2 is 2.11 bits per heavy atom. The van der Waals surface area contributed by atoms with E-state index in [1.807, 2.05) is 54.3 Å². The van der Waals surface area contributed by atoms with Gasteiger partial charge < -0.3 is 0 Å². The Hall–Kier alpha value is -1.94. The summed E-state index contributed by atoms with van der Waals surface area (Å²) in [6.45, 7) is 3.86. The van der Waals surface area contributed by atoms with Gasteiger partial charge in [-0.1, -0.05) is 32.0 Å². The second kappa shape index (κ2) is 4.63. The number of rotatable bonds is 3. The molecule has 3 rings (SSSR count). The molecule has 0 aliphatic rings. The van der Waals surface area contributed by atoms with Gasteiger partial charge in [0, 0.05) is 34.6 Å². The van der Waals surface area contributed by atoms with E-state index in [0.29, 0.717) is 0 Å². The number of fused-ring (bicyclic) bond motifs is 1. The summed E-state index contributed by atoms with van der Waals surface area (Å²) < 4.78 is 2.00. The highest BCUT2D eigenvalue weighted by molar-refractivity contribution is 7.12. The molecular formula is C15H14N2OS. The highest BCUT2D eigenvalue weighted by Gasteiger charge is 2.18. The lowest BCUT2D eigenvalue weighted by atomic mass is 10.0. The van der Waals surface area contributed by atoms with E-state index < -0.39 is 0 Å². The van der Waals surface area contributed by atoms with Crippen molar-refractivity contribution in [1.29, 1.82) is 0 Å². The number of benzene rings is 1. The summed E-state index contributed by atoms with van der Waals surface area (Å²) >= 11 is 1.56. The largest absolute Gasteiger partial charge is 0.294 e. The van der Waals surface area contributed by atoms with E-state index in [0.717, 1.165) is 21.6 Å². The van der Waals surface area contributed by atoms with Crippen LogP contribution in [0.3, 0.4) is 0 Å². The summed E-state index contributed by atoms with van der Waals surface area (Å²) in [6.07, 6.45) is 3.69. The molecule has 2 heterocycles. The number of carbonyl (C=O) groups excluding carboxylic acids is 1. The van der Waals surface area contributed by atoms with Gasteiger partial charge in [-0.25, -0.2) is 4.98 Å². The number of Topliss-reactive ketones (excluding diaryl/α,β-unsaturated/α-hetero) is 1. The number of ketones is 1. The summed E-state index contributed by atoms with van der Waals surface area (Å²) in [6, 6.07) is 7.96. The fraction of sp³-hybridized carbons (Fsp3) is 0.200. The lowest BCUT2D eigenvalue weighted by Gasteiger charge is -2.01. The first-order chi connectivity index (χ1) is 9.18. The van der Waals surface area contributed by atoms with Crippen molar-refractivity contribution in [2.75, 3.05) is 0 Å². The van der Waals surface area contributed by atoms with Crippen molar-refractivity contribution < 1.29 is 4.79 Å². The summed E-state index contributed by atoms with van der Waals surface area (Å²) in [7, 11) is 0. The smallest absolute Gasteiger partial charge is 0.193 e. The predicted octanol–water partition coefficient (Wildman–Crippen LogP) is 3.93. The SMILES string of the molecule is CC(C)C(=O)c1cn(-c2nccs2)c2ccccc12. The fourth-order valence-electron chi connectivity index (χ4n) is 2.18. The quantitative estimate of drug-likeness (QED) is 0.676. The van der Waals surface area contributed by atoms with E-state index in [1.165, 1.54) is 0 Å². The second-order valence-corrected chi connectivity index (χ2v) is 5.64. The van der Waals surface area contributed by atoms with Crippen molar-refractivity contribution in [2.24, 2.45) is 5.92 Å². The minimum absolute atomic E-state index is 0.00412. The maximum Gasteiger partial charge on any atom is 0.193 e. The van der Waals surface area contributed by atoms with Gasteiger partial charge in [-0.3, -0.25) is 9.36 Å². The maximum absolute atomic E-state index is 12.3. The van der Waals surface area contributed by atoms with Crippen LogP contribution >= 0.6 is 11.3 Å². The standard InChI is InChI=1S/C15H14N2OS/c1-10(2)14(18)12-9-17(15-16-7-8-19-15)13-6-4-3-5-11(12)13/h3-10H,1-2H3. The molecule has 0 radical (unpaired) electrons. The van der Waals surface area contributed by atoms with E-state index in [1.54, 1.807) is 17.5 Å². The number of aromatic nitrogens is 2. The van der Waals surface area contributed by atoms with Crippen molar-refractivity contribution in [2.45, 2.75) is 13.8 Å². The first kappa shape index (κ1) is 12.1. The Morgan fingerprint density at radius 1 is 1.32 bits per heavy atom. The molecule has 0 spiro atoms. The minimum Gasteiger partial charge on any atom is -0.294 e. The van der Waals surface area contributed by atoms with E-state index in [4.69, 9.17) is 0 Å². The highest BCUT2D eigenvalue weighted by Crippen LogP contribution is 2.27. The average Bonchev–Trinajstić information content (AvgIpc) is 3.04. The van der Waals surface area contributed by atoms with E-state index >= 15 is 0 Å². The zero-order valence-electron chi connectivity index (χ0n) is 10.8. The average molecular weight is 270 g/mol. The molecule has 0 aliphatic carbocycles. The number of para-hydroxylation sites is 1. The molecule has 0 atom stereocenters. The molecule has 3 aromatic rings. The summed E-state index contributed by atoms with van der Waals surface area (Å²) in [5, 5.41) is 3.82. The molecule has 96 valence electrons. The first-order valence-corrected chi connectivity index (χ1v) is 7.10. The molecular weight excluding hydrogens is 256 g/mol. The monoisotopic (exact) mass is 270 g/mol. The molecule has 3 nitrogen and oxygen atoms in total. The molecule has 0 unspecified atom stereocenters. The molecule has 19 heavy (non-hydrogen) atoms. The van der Waals surface area contributed by atoms with E-state index in [2.05, 4.69) is 4.98 Å². The van der Waals surface area contributed by atoms with Crippen LogP contribution in [0.25, 0.3) is 16.0 Å². The third kappa shape index (κ3) is 1.98. The van der Waals surface area contributed by atoms with Crippen molar-refractivity contribution in [3.8, 4) is 5.13 Å². The van der Waals surface area contributed by atoms with Crippen molar-refractivity contribution >= 4 is 28.0 Å². The van der Waals surface area contributed by atoms with Crippen LogP contribution in [0.4, 0.5) is 0 Å². The van der Waals surface area contributed by atoms with Crippen LogP contribution in [0.2, 0.25) is 0 Å². The molecule has 0 fully saturated rings. The number of hydrogen-bond acceptors (Lipinski definition) is 3. The molecule has 0 bridgehead atoms. The van der Waals surface area contributed by atoms with Gasteiger partial charge >= 0.3 is 0 Å². The topological polar surface area (TPSA) is 34.9 Å². The van der Waals surface area contributed by atoms with Gasteiger partial charge in [-0.15, -0.1) is 11.3 Å². The van der Waals surface area contributed by atoms with Gasteiger partial charge in [0.1, 0.15) is 0 Å². The number of carbonyl (C=O) groups is 1. The van der Waals surface area contributed by atoms with Gasteiger partial charge in [-0.05, 0) is 6.07 Å². The molecule has 0 saturated heterocycles. The zero-order valence-corrected chi connectivity index (χ0v) is 11.6. The first-order valence-electron chi connectivity index (χ1n) is 6.22. The van der Waals surface area contributed by atoms with Crippen LogP contribution in [-0.2, 0) is 0 Å². The van der Waals surface area contributed by atoms with Crippen LogP contribution in [0.5, 0.6) is 0 Å². The predicted molar refractivity (Wildman–Crippen MR) is 78.1 cm³/mol. The maximum atomic E-state index is 12.3. The Bertz CT molecular complexity index is 726. The Balaban J connectivity index is 2.28. The van der Waals surface area contributed by atoms with Crippen molar-refractivity contribution in [1.82, 2.24) is 9.55 Å². The number of thiazole rings is 1. The van der Waals surface area contributed by atoms with E-state index in [9.17, 15) is 4.79 Å². The highest BCUT2D eigenvalue weighted by atomic mass is 32.1. The molecule has 1 aromatic carbocycles. The lowest BCUT2D eigenvalue weighted by molar-refractivity contribution is 0.0941. The third-order valence-electron chi connectivity index (χ3n) is 3.13. The number of hydrogen-bond donors (Lipinski definition) is 0. The zero-order chi connectivity index (χ0) is 13.4. The normalized spacial score (nSPS) is 11.3. The van der Waals surface area contributed by atoms with Crippen LogP contribution in [-0.4, -0.2) is 15.3 Å². The van der Waals surface area contributed by atoms with Crippen molar-refractivity contribution in [3.63, 3.8) is 0 Å². The van der Waals surface area contributed by atoms with Crippen LogP contribution < -0.4 is 0 Å². The van der Waals surface area contributed by atoms with Gasteiger partial charge in [-0.2, -0.15) is 0 Å². The van der Waals surface area contributed by atoms with Gasteiger partial charge in [0.2, 0.25) is 0 Å². The molecule has 0 saturated carbocycles. The van der Waals surface area contributed by atoms with Gasteiger partial charge in [0.25, 0.3) is 0 Å². The van der Waals surface area contributed by atoms with Crippen LogP contribution in [0, 0.1) is 5.92 Å². The molecule has 2 aromatic heterocycles. The summed E-state index contributed by atoms with van der Waals surface area (Å²) in [5.74, 6) is 0.169. The second-order valence-electron chi connectivity index (χ2n) is 4.76. The van der Waals surface area contributed by atoms with Crippen LogP contribution in [0.1, 0.15) is 24.2 Å². The summed E-state index contributed by atoms with van der Waals surface area (Å²) in [4.78, 5) is 16.6. The van der Waals surface area contributed by atoms with Crippen molar-refractivity contribution in [3.05, 3.63) is 47.6 Å². The number of nitrogens with zero attached hydrogens (tertiary/aromatic N) is 2. The van der Waals surface area contributed by atoms with Gasteiger partial charge in [0.15, 0.2) is 10.9 Å². The van der Waals surface area contributed by atoms with E-state index in [-0.39, 0.29) is 11.7 Å². The van der Waals surface area contributed by atoms with Crippen LogP contribution in [0.15, 0.2) is 42.0 Å². The Kier molecular flexibility index (Phi) is 2.95. The molecule has 4 heteroatoms. The fourth-order valence-corrected chi connectivity index (χ4v) is 2.81.